The first kappa shape index (κ1) is 19.5. The molecule has 4 rings (SSSR count). The van der Waals surface area contributed by atoms with Crippen LogP contribution in [0, 0.1) is 11.8 Å². The molecule has 1 amide bonds. The molecule has 1 aromatic heterocycles. The zero-order valence-electron chi connectivity index (χ0n) is 16.7. The maximum atomic E-state index is 12.1. The fourth-order valence-corrected chi connectivity index (χ4v) is 3.64. The molecule has 5 heteroatoms. The van der Waals surface area contributed by atoms with Crippen LogP contribution in [-0.2, 0) is 4.74 Å². The Morgan fingerprint density at radius 3 is 2.47 bits per heavy atom. The van der Waals surface area contributed by atoms with Gasteiger partial charge in [0.15, 0.2) is 0 Å². The summed E-state index contributed by atoms with van der Waals surface area (Å²) in [6, 6.07) is 20.1. The summed E-state index contributed by atoms with van der Waals surface area (Å²) < 4.78 is 10.6. The number of nitrogens with zero attached hydrogens (tertiary/aromatic N) is 1. The fraction of sp³-hybridized carbons (Fsp3) is 0.200. The van der Waals surface area contributed by atoms with Gasteiger partial charge in [0.05, 0.1) is 7.11 Å². The van der Waals surface area contributed by atoms with Crippen molar-refractivity contribution in [3.8, 4) is 28.8 Å². The average Bonchev–Trinajstić information content (AvgIpc) is 3.11. The highest BCUT2D eigenvalue weighted by Crippen LogP contribution is 2.44. The fourth-order valence-electron chi connectivity index (χ4n) is 3.64. The van der Waals surface area contributed by atoms with E-state index in [-0.39, 0.29) is 5.92 Å². The van der Waals surface area contributed by atoms with Crippen LogP contribution in [0.1, 0.15) is 29.0 Å². The summed E-state index contributed by atoms with van der Waals surface area (Å²) in [7, 11) is 1.57. The van der Waals surface area contributed by atoms with Crippen molar-refractivity contribution in [2.45, 2.75) is 12.3 Å². The lowest BCUT2D eigenvalue weighted by atomic mass is 9.98. The molecular weight excluding hydrogens is 376 g/mol. The SMILES string of the molecule is COc1cc(C#CCCNC(=O)OCC2c3ccccc3-c3ccccc32)ccn1. The van der Waals surface area contributed by atoms with E-state index in [1.54, 1.807) is 19.4 Å². The lowest BCUT2D eigenvalue weighted by Crippen LogP contribution is -2.26. The van der Waals surface area contributed by atoms with Gasteiger partial charge in [-0.25, -0.2) is 9.78 Å². The number of benzene rings is 2. The van der Waals surface area contributed by atoms with Crippen LogP contribution >= 0.6 is 0 Å². The Balaban J connectivity index is 1.28. The zero-order chi connectivity index (χ0) is 20.8. The Kier molecular flexibility index (Phi) is 5.95. The van der Waals surface area contributed by atoms with Crippen LogP contribution in [0.5, 0.6) is 5.88 Å². The number of ether oxygens (including phenoxy) is 2. The molecule has 0 atom stereocenters. The molecule has 150 valence electrons. The largest absolute Gasteiger partial charge is 0.481 e. The number of hydrogen-bond donors (Lipinski definition) is 1. The van der Waals surface area contributed by atoms with Gasteiger partial charge in [-0.05, 0) is 28.3 Å². The lowest BCUT2D eigenvalue weighted by Gasteiger charge is -2.14. The molecule has 0 bridgehead atoms. The van der Waals surface area contributed by atoms with E-state index in [4.69, 9.17) is 9.47 Å². The first-order valence-electron chi connectivity index (χ1n) is 9.84. The predicted molar refractivity (Wildman–Crippen MR) is 115 cm³/mol. The Labute approximate surface area is 176 Å². The van der Waals surface area contributed by atoms with Crippen molar-refractivity contribution in [1.82, 2.24) is 10.3 Å². The topological polar surface area (TPSA) is 60.5 Å². The summed E-state index contributed by atoms with van der Waals surface area (Å²) in [5.74, 6) is 6.64. The van der Waals surface area contributed by atoms with Gasteiger partial charge in [0.25, 0.3) is 0 Å². The second-order valence-corrected chi connectivity index (χ2v) is 6.89. The second kappa shape index (κ2) is 9.15. The van der Waals surface area contributed by atoms with Gasteiger partial charge in [-0.3, -0.25) is 0 Å². The summed E-state index contributed by atoms with van der Waals surface area (Å²) in [4.78, 5) is 16.2. The van der Waals surface area contributed by atoms with Crippen LogP contribution in [0.2, 0.25) is 0 Å². The van der Waals surface area contributed by atoms with Crippen molar-refractivity contribution in [1.29, 1.82) is 0 Å². The highest BCUT2D eigenvalue weighted by molar-refractivity contribution is 5.79. The quantitative estimate of drug-likeness (QED) is 0.512. The third kappa shape index (κ3) is 4.28. The first-order valence-corrected chi connectivity index (χ1v) is 9.84. The Hall–Kier alpha value is -3.78. The van der Waals surface area contributed by atoms with Crippen molar-refractivity contribution in [2.75, 3.05) is 20.3 Å². The minimum absolute atomic E-state index is 0.0598. The van der Waals surface area contributed by atoms with Crippen molar-refractivity contribution < 1.29 is 14.3 Å². The van der Waals surface area contributed by atoms with Gasteiger partial charge in [-0.1, -0.05) is 60.4 Å². The number of carbonyl (C=O) groups excluding carboxylic acids is 1. The number of rotatable bonds is 5. The molecule has 0 aliphatic heterocycles. The molecule has 0 fully saturated rings. The number of amides is 1. The lowest BCUT2D eigenvalue weighted by molar-refractivity contribution is 0.143. The summed E-state index contributed by atoms with van der Waals surface area (Å²) in [5, 5.41) is 2.76. The van der Waals surface area contributed by atoms with E-state index in [2.05, 4.69) is 46.4 Å². The third-order valence-electron chi connectivity index (χ3n) is 5.04. The normalized spacial score (nSPS) is 11.6. The second-order valence-electron chi connectivity index (χ2n) is 6.89. The summed E-state index contributed by atoms with van der Waals surface area (Å²) in [6.45, 7) is 0.730. The number of alkyl carbamates (subject to hydrolysis) is 1. The number of carbonyl (C=O) groups is 1. The van der Waals surface area contributed by atoms with Gasteiger partial charge < -0.3 is 14.8 Å². The van der Waals surface area contributed by atoms with Crippen molar-refractivity contribution in [3.63, 3.8) is 0 Å². The molecule has 1 aliphatic rings. The molecule has 3 aromatic rings. The van der Waals surface area contributed by atoms with Crippen LogP contribution < -0.4 is 10.1 Å². The number of aromatic nitrogens is 1. The standard InChI is InChI=1S/C25H22N2O3/c1-29-24-16-18(13-15-26-24)8-6-7-14-27-25(28)30-17-23-21-11-4-2-9-19(21)20-10-3-5-12-22(20)23/h2-5,9-13,15-16,23H,7,14,17H2,1H3,(H,27,28). The van der Waals surface area contributed by atoms with Crippen LogP contribution in [0.4, 0.5) is 4.79 Å². The van der Waals surface area contributed by atoms with Crippen LogP contribution in [-0.4, -0.2) is 31.3 Å². The van der Waals surface area contributed by atoms with Gasteiger partial charge >= 0.3 is 6.09 Å². The number of hydrogen-bond acceptors (Lipinski definition) is 4. The molecule has 1 N–H and O–H groups in total. The number of pyridine rings is 1. The molecule has 1 aliphatic carbocycles. The minimum atomic E-state index is -0.427. The maximum Gasteiger partial charge on any atom is 0.407 e. The number of methoxy groups -OCH3 is 1. The van der Waals surface area contributed by atoms with Crippen molar-refractivity contribution >= 4 is 6.09 Å². The Morgan fingerprint density at radius 1 is 1.07 bits per heavy atom. The van der Waals surface area contributed by atoms with E-state index < -0.39 is 6.09 Å². The van der Waals surface area contributed by atoms with E-state index >= 15 is 0 Å². The van der Waals surface area contributed by atoms with Gasteiger partial charge in [0, 0.05) is 36.7 Å². The smallest absolute Gasteiger partial charge is 0.407 e. The monoisotopic (exact) mass is 398 g/mol. The maximum absolute atomic E-state index is 12.1. The van der Waals surface area contributed by atoms with Crippen molar-refractivity contribution in [2.24, 2.45) is 0 Å². The van der Waals surface area contributed by atoms with E-state index in [9.17, 15) is 4.79 Å². The van der Waals surface area contributed by atoms with E-state index in [1.807, 2.05) is 30.3 Å². The Morgan fingerprint density at radius 2 is 1.77 bits per heavy atom. The minimum Gasteiger partial charge on any atom is -0.481 e. The van der Waals surface area contributed by atoms with Gasteiger partial charge in [0.1, 0.15) is 6.61 Å². The number of nitrogens with one attached hydrogen (secondary N) is 1. The predicted octanol–water partition coefficient (Wildman–Crippen LogP) is 4.37. The molecule has 5 nitrogen and oxygen atoms in total. The van der Waals surface area contributed by atoms with E-state index in [1.165, 1.54) is 22.3 Å². The molecule has 0 unspecified atom stereocenters. The molecule has 0 saturated heterocycles. The summed E-state index contributed by atoms with van der Waals surface area (Å²) >= 11 is 0. The van der Waals surface area contributed by atoms with Gasteiger partial charge in [0.2, 0.25) is 5.88 Å². The zero-order valence-corrected chi connectivity index (χ0v) is 16.7. The van der Waals surface area contributed by atoms with Crippen LogP contribution in [0.25, 0.3) is 11.1 Å². The molecule has 1 heterocycles. The first-order chi connectivity index (χ1) is 14.8. The molecule has 0 saturated carbocycles. The molecule has 0 radical (unpaired) electrons. The van der Waals surface area contributed by atoms with Gasteiger partial charge in [-0.2, -0.15) is 0 Å². The molecule has 2 aromatic carbocycles. The highest BCUT2D eigenvalue weighted by Gasteiger charge is 2.28. The molecule has 0 spiro atoms. The van der Waals surface area contributed by atoms with Crippen molar-refractivity contribution in [3.05, 3.63) is 83.6 Å². The summed E-state index contributed by atoms with van der Waals surface area (Å²) in [5.41, 5.74) is 5.65. The van der Waals surface area contributed by atoms with E-state index in [0.29, 0.717) is 25.5 Å². The molecule has 30 heavy (non-hydrogen) atoms. The van der Waals surface area contributed by atoms with Crippen LogP contribution in [0.3, 0.4) is 0 Å². The van der Waals surface area contributed by atoms with E-state index in [0.717, 1.165) is 5.56 Å². The highest BCUT2D eigenvalue weighted by atomic mass is 16.5. The number of fused-ring (bicyclic) bond motifs is 3. The Bertz CT molecular complexity index is 1070. The van der Waals surface area contributed by atoms with Crippen LogP contribution in [0.15, 0.2) is 66.9 Å². The summed E-state index contributed by atoms with van der Waals surface area (Å²) in [6.07, 6.45) is 1.75. The van der Waals surface area contributed by atoms with Gasteiger partial charge in [-0.15, -0.1) is 0 Å². The average molecular weight is 398 g/mol. The molecular formula is C25H22N2O3. The third-order valence-corrected chi connectivity index (χ3v) is 5.04.